The highest BCUT2D eigenvalue weighted by atomic mass is 79.9. The van der Waals surface area contributed by atoms with Gasteiger partial charge in [-0.2, -0.15) is 0 Å². The van der Waals surface area contributed by atoms with Crippen molar-refractivity contribution in [3.05, 3.63) is 75.3 Å². The minimum absolute atomic E-state index is 0.0288. The Hall–Kier alpha value is -1.53. The van der Waals surface area contributed by atoms with Crippen LogP contribution in [0.15, 0.2) is 48.5 Å². The minimum atomic E-state index is -0.462. The maximum Gasteiger partial charge on any atom is 0.269 e. The Morgan fingerprint density at radius 3 is 2.13 bits per heavy atom. The van der Waals surface area contributed by atoms with Crippen LogP contribution in [0, 0.1) is 10.1 Å². The average molecular weight is 441 g/mol. The number of hydrogen-bond donors (Lipinski definition) is 0. The van der Waals surface area contributed by atoms with Crippen LogP contribution in [0.1, 0.15) is 33.2 Å². The van der Waals surface area contributed by atoms with Crippen LogP contribution in [0.2, 0.25) is 0 Å². The number of nitrogens with zero attached hydrogens (tertiary/aromatic N) is 1. The second kappa shape index (κ2) is 7.84. The molecule has 120 valence electrons. The molecule has 0 aromatic heterocycles. The third-order valence-electron chi connectivity index (χ3n) is 3.58. The van der Waals surface area contributed by atoms with Crippen LogP contribution in [0.25, 0.3) is 0 Å². The Balaban J connectivity index is 2.15. The number of Topliss-reactive ketones (excluding diaryl/α,β-unsaturated/α-hetero) is 1. The van der Waals surface area contributed by atoms with Crippen LogP contribution < -0.4 is 0 Å². The number of rotatable bonds is 6. The average Bonchev–Trinajstić information content (AvgIpc) is 2.60. The smallest absolute Gasteiger partial charge is 0.269 e. The molecule has 0 N–H and O–H groups in total. The van der Waals surface area contributed by atoms with Gasteiger partial charge in [0.05, 0.1) is 14.6 Å². The molecule has 0 amide bonds. The standard InChI is InChI=1S/C17H15Br2NO3/c1-2-11-3-5-13(6-4-11)17(21)16(19)15(18)12-7-9-14(10-8-12)20(22)23/h3-10,15-16H,2H2,1H3/t15-,16+/m1/s1. The molecule has 0 aliphatic carbocycles. The van der Waals surface area contributed by atoms with Crippen LogP contribution in [0.3, 0.4) is 0 Å². The number of carbonyl (C=O) groups is 1. The Morgan fingerprint density at radius 1 is 1.09 bits per heavy atom. The van der Waals surface area contributed by atoms with Crippen molar-refractivity contribution in [3.8, 4) is 0 Å². The number of aryl methyl sites for hydroxylation is 1. The van der Waals surface area contributed by atoms with Gasteiger partial charge in [0.2, 0.25) is 0 Å². The molecule has 0 unspecified atom stereocenters. The fourth-order valence-corrected chi connectivity index (χ4v) is 3.26. The van der Waals surface area contributed by atoms with Gasteiger partial charge in [-0.25, -0.2) is 0 Å². The number of ketones is 1. The topological polar surface area (TPSA) is 60.2 Å². The highest BCUT2D eigenvalue weighted by Gasteiger charge is 2.26. The van der Waals surface area contributed by atoms with E-state index in [4.69, 9.17) is 0 Å². The molecule has 2 rings (SSSR count). The Bertz CT molecular complexity index is 699. The fourth-order valence-electron chi connectivity index (χ4n) is 2.15. The highest BCUT2D eigenvalue weighted by Crippen LogP contribution is 2.34. The van der Waals surface area contributed by atoms with E-state index in [0.717, 1.165) is 12.0 Å². The number of benzene rings is 2. The number of hydrogen-bond acceptors (Lipinski definition) is 3. The molecule has 2 atom stereocenters. The molecule has 0 saturated heterocycles. The largest absolute Gasteiger partial charge is 0.293 e. The summed E-state index contributed by atoms with van der Waals surface area (Å²) in [6, 6.07) is 13.7. The van der Waals surface area contributed by atoms with Crippen molar-refractivity contribution in [2.24, 2.45) is 0 Å². The van der Waals surface area contributed by atoms with Crippen LogP contribution in [0.4, 0.5) is 5.69 Å². The van der Waals surface area contributed by atoms with Crippen molar-refractivity contribution in [3.63, 3.8) is 0 Å². The van der Waals surface area contributed by atoms with Gasteiger partial charge in [-0.15, -0.1) is 0 Å². The van der Waals surface area contributed by atoms with Gasteiger partial charge in [0.15, 0.2) is 5.78 Å². The molecule has 2 aromatic rings. The number of nitro groups is 1. The second-order valence-corrected chi connectivity index (χ2v) is 7.04. The molecule has 0 heterocycles. The summed E-state index contributed by atoms with van der Waals surface area (Å²) in [4.78, 5) is 22.1. The van der Waals surface area contributed by atoms with Gasteiger partial charge in [-0.1, -0.05) is 75.2 Å². The molecular formula is C17H15Br2NO3. The number of halogens is 2. The lowest BCUT2D eigenvalue weighted by Gasteiger charge is -2.16. The molecule has 0 bridgehead atoms. The van der Waals surface area contributed by atoms with Gasteiger partial charge < -0.3 is 0 Å². The Kier molecular flexibility index (Phi) is 6.07. The van der Waals surface area contributed by atoms with Gasteiger partial charge >= 0.3 is 0 Å². The minimum Gasteiger partial charge on any atom is -0.293 e. The quantitative estimate of drug-likeness (QED) is 0.267. The normalized spacial score (nSPS) is 13.3. The summed E-state index contributed by atoms with van der Waals surface area (Å²) in [5.74, 6) is -0.0344. The van der Waals surface area contributed by atoms with Gasteiger partial charge in [-0.3, -0.25) is 14.9 Å². The van der Waals surface area contributed by atoms with Crippen molar-refractivity contribution in [1.82, 2.24) is 0 Å². The number of alkyl halides is 2. The first-order chi connectivity index (χ1) is 10.9. The van der Waals surface area contributed by atoms with Crippen molar-refractivity contribution in [2.45, 2.75) is 23.0 Å². The van der Waals surface area contributed by atoms with Crippen LogP contribution >= 0.6 is 31.9 Å². The van der Waals surface area contributed by atoms with Crippen LogP contribution in [-0.2, 0) is 6.42 Å². The molecule has 0 aliphatic rings. The van der Waals surface area contributed by atoms with Gasteiger partial charge in [0, 0.05) is 17.7 Å². The van der Waals surface area contributed by atoms with Gasteiger partial charge in [0.1, 0.15) is 0 Å². The van der Waals surface area contributed by atoms with E-state index in [1.54, 1.807) is 12.1 Å². The van der Waals surface area contributed by atoms with Gasteiger partial charge in [0.25, 0.3) is 5.69 Å². The zero-order valence-electron chi connectivity index (χ0n) is 12.4. The number of nitro benzene ring substituents is 1. The summed E-state index contributed by atoms with van der Waals surface area (Å²) >= 11 is 6.94. The van der Waals surface area contributed by atoms with E-state index in [9.17, 15) is 14.9 Å². The van der Waals surface area contributed by atoms with Crippen LogP contribution in [0.5, 0.6) is 0 Å². The monoisotopic (exact) mass is 439 g/mol. The predicted molar refractivity (Wildman–Crippen MR) is 97.6 cm³/mol. The zero-order chi connectivity index (χ0) is 17.0. The van der Waals surface area contributed by atoms with E-state index in [1.165, 1.54) is 17.7 Å². The highest BCUT2D eigenvalue weighted by molar-refractivity contribution is 9.12. The molecular weight excluding hydrogens is 426 g/mol. The molecule has 0 saturated carbocycles. The van der Waals surface area contributed by atoms with Crippen molar-refractivity contribution in [1.29, 1.82) is 0 Å². The summed E-state index contributed by atoms with van der Waals surface area (Å²) in [5.41, 5.74) is 2.64. The lowest BCUT2D eigenvalue weighted by molar-refractivity contribution is -0.384. The van der Waals surface area contributed by atoms with E-state index in [2.05, 4.69) is 38.8 Å². The molecule has 2 aromatic carbocycles. The maximum atomic E-state index is 12.5. The first-order valence-electron chi connectivity index (χ1n) is 7.09. The predicted octanol–water partition coefficient (Wildman–Crippen LogP) is 5.24. The molecule has 0 aliphatic heterocycles. The molecule has 23 heavy (non-hydrogen) atoms. The van der Waals surface area contributed by atoms with E-state index in [1.807, 2.05) is 24.3 Å². The Morgan fingerprint density at radius 2 is 1.65 bits per heavy atom. The summed E-state index contributed by atoms with van der Waals surface area (Å²) in [6.07, 6.45) is 0.927. The third-order valence-corrected chi connectivity index (χ3v) is 6.29. The SMILES string of the molecule is CCc1ccc(C(=O)[C@@H](Br)[C@H](Br)c2ccc([N+](=O)[O-])cc2)cc1. The maximum absolute atomic E-state index is 12.5. The first kappa shape index (κ1) is 17.8. The van der Waals surface area contributed by atoms with Crippen molar-refractivity contribution < 1.29 is 9.72 Å². The summed E-state index contributed by atoms with van der Waals surface area (Å²) < 4.78 is 0. The summed E-state index contributed by atoms with van der Waals surface area (Å²) in [6.45, 7) is 2.06. The third kappa shape index (κ3) is 4.26. The first-order valence-corrected chi connectivity index (χ1v) is 8.92. The van der Waals surface area contributed by atoms with E-state index < -0.39 is 9.75 Å². The van der Waals surface area contributed by atoms with E-state index in [0.29, 0.717) is 5.56 Å². The molecule has 0 fully saturated rings. The van der Waals surface area contributed by atoms with Crippen molar-refractivity contribution in [2.75, 3.05) is 0 Å². The molecule has 6 heteroatoms. The van der Waals surface area contributed by atoms with Crippen LogP contribution in [-0.4, -0.2) is 15.5 Å². The molecule has 0 radical (unpaired) electrons. The second-order valence-electron chi connectivity index (χ2n) is 5.07. The Labute approximate surface area is 151 Å². The fraction of sp³-hybridized carbons (Fsp3) is 0.235. The molecule has 0 spiro atoms. The molecule has 4 nitrogen and oxygen atoms in total. The van der Waals surface area contributed by atoms with Crippen molar-refractivity contribution >= 4 is 43.3 Å². The number of carbonyl (C=O) groups excluding carboxylic acids is 1. The van der Waals surface area contributed by atoms with Gasteiger partial charge in [-0.05, 0) is 17.5 Å². The van der Waals surface area contributed by atoms with E-state index in [-0.39, 0.29) is 16.3 Å². The number of non-ortho nitro benzene ring substituents is 1. The lowest BCUT2D eigenvalue weighted by Crippen LogP contribution is -2.19. The lowest BCUT2D eigenvalue weighted by atomic mass is 10.0. The van der Waals surface area contributed by atoms with E-state index >= 15 is 0 Å². The summed E-state index contributed by atoms with van der Waals surface area (Å²) in [5, 5.41) is 10.7. The summed E-state index contributed by atoms with van der Waals surface area (Å²) in [7, 11) is 0. The zero-order valence-corrected chi connectivity index (χ0v) is 15.6.